The monoisotopic (exact) mass is 341 g/mol. The third-order valence-corrected chi connectivity index (χ3v) is 4.85. The van der Waals surface area contributed by atoms with Gasteiger partial charge in [0.05, 0.1) is 19.1 Å². The molecule has 2 unspecified atom stereocenters. The van der Waals surface area contributed by atoms with Gasteiger partial charge in [0, 0.05) is 6.54 Å². The van der Waals surface area contributed by atoms with E-state index in [1.807, 2.05) is 29.2 Å². The number of amides is 1. The molecule has 0 aromatic heterocycles. The van der Waals surface area contributed by atoms with Crippen molar-refractivity contribution in [2.75, 3.05) is 26.3 Å². The average Bonchev–Trinajstić information content (AvgIpc) is 2.68. The van der Waals surface area contributed by atoms with Gasteiger partial charge in [-0.15, -0.1) is 0 Å². The van der Waals surface area contributed by atoms with Crippen molar-refractivity contribution < 1.29 is 18.7 Å². The zero-order valence-electron chi connectivity index (χ0n) is 13.9. The number of hydrogen-bond donors (Lipinski definition) is 0. The zero-order chi connectivity index (χ0) is 17.2. The number of morpholine rings is 1. The molecule has 0 aliphatic carbocycles. The summed E-state index contributed by atoms with van der Waals surface area (Å²) in [4.78, 5) is 14.8. The highest BCUT2D eigenvalue weighted by Gasteiger charge is 2.32. The quantitative estimate of drug-likeness (QED) is 0.843. The normalized spacial score (nSPS) is 22.8. The Labute approximate surface area is 146 Å². The Kier molecular flexibility index (Phi) is 4.40. The fourth-order valence-electron chi connectivity index (χ4n) is 3.47. The van der Waals surface area contributed by atoms with Gasteiger partial charge in [0.15, 0.2) is 0 Å². The second-order valence-corrected chi connectivity index (χ2v) is 6.52. The number of nitrogens with zero attached hydrogens (tertiary/aromatic N) is 1. The third kappa shape index (κ3) is 3.37. The minimum Gasteiger partial charge on any atom is -0.492 e. The number of ether oxygens (including phenoxy) is 2. The molecule has 0 spiro atoms. The number of carbonyl (C=O) groups excluding carboxylic acids is 1. The molecule has 4 nitrogen and oxygen atoms in total. The number of fused-ring (bicyclic) bond motifs is 1. The first-order chi connectivity index (χ1) is 12.2. The molecule has 2 aliphatic rings. The van der Waals surface area contributed by atoms with Crippen LogP contribution in [0.5, 0.6) is 5.75 Å². The van der Waals surface area contributed by atoms with Crippen molar-refractivity contribution >= 4 is 5.91 Å². The first kappa shape index (κ1) is 16.1. The zero-order valence-corrected chi connectivity index (χ0v) is 13.9. The summed E-state index contributed by atoms with van der Waals surface area (Å²) in [5, 5.41) is 0. The van der Waals surface area contributed by atoms with Crippen LogP contribution in [0.1, 0.15) is 17.2 Å². The van der Waals surface area contributed by atoms with Gasteiger partial charge in [-0.2, -0.15) is 0 Å². The van der Waals surface area contributed by atoms with E-state index >= 15 is 0 Å². The lowest BCUT2D eigenvalue weighted by Crippen LogP contribution is -2.47. The van der Waals surface area contributed by atoms with Crippen molar-refractivity contribution in [3.63, 3.8) is 0 Å². The van der Waals surface area contributed by atoms with Crippen LogP contribution in [0.25, 0.3) is 0 Å². The molecule has 2 atom stereocenters. The van der Waals surface area contributed by atoms with E-state index in [9.17, 15) is 9.18 Å². The van der Waals surface area contributed by atoms with Crippen LogP contribution in [-0.2, 0) is 16.0 Å². The maximum atomic E-state index is 13.1. The molecule has 130 valence electrons. The van der Waals surface area contributed by atoms with E-state index in [1.165, 1.54) is 12.1 Å². The Bertz CT molecular complexity index is 762. The molecular weight excluding hydrogens is 321 g/mol. The van der Waals surface area contributed by atoms with E-state index in [-0.39, 0.29) is 23.7 Å². The van der Waals surface area contributed by atoms with Crippen molar-refractivity contribution in [3.05, 3.63) is 65.5 Å². The van der Waals surface area contributed by atoms with E-state index < -0.39 is 0 Å². The second kappa shape index (κ2) is 6.84. The molecular formula is C20H20FNO3. The molecule has 4 rings (SSSR count). The molecule has 1 saturated heterocycles. The van der Waals surface area contributed by atoms with Gasteiger partial charge in [-0.1, -0.05) is 30.3 Å². The molecule has 0 bridgehead atoms. The SMILES string of the molecule is O=C(C1COc2ccccc2C1)N1CCOC(c2ccc(F)cc2)C1. The summed E-state index contributed by atoms with van der Waals surface area (Å²) in [7, 11) is 0. The minimum absolute atomic E-state index is 0.102. The average molecular weight is 341 g/mol. The molecule has 1 fully saturated rings. The van der Waals surface area contributed by atoms with Crippen molar-refractivity contribution in [3.8, 4) is 5.75 Å². The number of benzene rings is 2. The highest BCUT2D eigenvalue weighted by atomic mass is 19.1. The number of carbonyl (C=O) groups is 1. The fraction of sp³-hybridized carbons (Fsp3) is 0.350. The van der Waals surface area contributed by atoms with Crippen LogP contribution in [0.2, 0.25) is 0 Å². The largest absolute Gasteiger partial charge is 0.492 e. The summed E-state index contributed by atoms with van der Waals surface area (Å²) < 4.78 is 24.6. The molecule has 2 aromatic carbocycles. The lowest BCUT2D eigenvalue weighted by molar-refractivity contribution is -0.144. The molecule has 1 amide bonds. The topological polar surface area (TPSA) is 38.8 Å². The lowest BCUT2D eigenvalue weighted by atomic mass is 9.95. The Morgan fingerprint density at radius 2 is 1.92 bits per heavy atom. The molecule has 2 aromatic rings. The summed E-state index contributed by atoms with van der Waals surface area (Å²) in [6.45, 7) is 1.96. The highest BCUT2D eigenvalue weighted by molar-refractivity contribution is 5.80. The van der Waals surface area contributed by atoms with Gasteiger partial charge in [0.25, 0.3) is 0 Å². The summed E-state index contributed by atoms with van der Waals surface area (Å²) in [6, 6.07) is 14.1. The standard InChI is InChI=1S/C20H20FNO3/c21-17-7-5-14(6-8-17)19-12-22(9-10-24-19)20(23)16-11-15-3-1-2-4-18(15)25-13-16/h1-8,16,19H,9-13H2. The number of para-hydroxylation sites is 1. The van der Waals surface area contributed by atoms with Gasteiger partial charge in [0.2, 0.25) is 5.91 Å². The summed E-state index contributed by atoms with van der Waals surface area (Å²) in [5.41, 5.74) is 1.97. The smallest absolute Gasteiger partial charge is 0.229 e. The summed E-state index contributed by atoms with van der Waals surface area (Å²) >= 11 is 0. The van der Waals surface area contributed by atoms with Crippen LogP contribution in [0.3, 0.4) is 0 Å². The van der Waals surface area contributed by atoms with Crippen molar-refractivity contribution in [2.45, 2.75) is 12.5 Å². The number of hydrogen-bond acceptors (Lipinski definition) is 3. The van der Waals surface area contributed by atoms with Gasteiger partial charge in [0.1, 0.15) is 24.3 Å². The van der Waals surface area contributed by atoms with E-state index in [2.05, 4.69) is 0 Å². The molecule has 2 aliphatic heterocycles. The first-order valence-electron chi connectivity index (χ1n) is 8.57. The maximum absolute atomic E-state index is 13.1. The van der Waals surface area contributed by atoms with Crippen LogP contribution >= 0.6 is 0 Å². The van der Waals surface area contributed by atoms with E-state index in [0.717, 1.165) is 16.9 Å². The van der Waals surface area contributed by atoms with E-state index in [0.29, 0.717) is 32.7 Å². The maximum Gasteiger partial charge on any atom is 0.229 e. The Morgan fingerprint density at radius 1 is 1.12 bits per heavy atom. The van der Waals surface area contributed by atoms with Gasteiger partial charge in [-0.3, -0.25) is 4.79 Å². The van der Waals surface area contributed by atoms with Crippen LogP contribution in [0.15, 0.2) is 48.5 Å². The van der Waals surface area contributed by atoms with Gasteiger partial charge in [-0.05, 0) is 35.7 Å². The second-order valence-electron chi connectivity index (χ2n) is 6.52. The fourth-order valence-corrected chi connectivity index (χ4v) is 3.47. The van der Waals surface area contributed by atoms with Gasteiger partial charge in [-0.25, -0.2) is 4.39 Å². The molecule has 5 heteroatoms. The Morgan fingerprint density at radius 3 is 2.76 bits per heavy atom. The van der Waals surface area contributed by atoms with Crippen LogP contribution in [-0.4, -0.2) is 37.1 Å². The predicted molar refractivity (Wildman–Crippen MR) is 90.8 cm³/mol. The summed E-state index contributed by atoms with van der Waals surface area (Å²) in [5.74, 6) is 0.537. The van der Waals surface area contributed by atoms with Crippen LogP contribution in [0.4, 0.5) is 4.39 Å². The Balaban J connectivity index is 1.44. The third-order valence-electron chi connectivity index (χ3n) is 4.85. The van der Waals surface area contributed by atoms with Crippen molar-refractivity contribution in [2.24, 2.45) is 5.92 Å². The molecule has 25 heavy (non-hydrogen) atoms. The number of rotatable bonds is 2. The van der Waals surface area contributed by atoms with Crippen molar-refractivity contribution in [1.82, 2.24) is 4.90 Å². The van der Waals surface area contributed by atoms with Crippen molar-refractivity contribution in [1.29, 1.82) is 0 Å². The van der Waals surface area contributed by atoms with E-state index in [1.54, 1.807) is 12.1 Å². The molecule has 0 radical (unpaired) electrons. The van der Waals surface area contributed by atoms with Gasteiger partial charge >= 0.3 is 0 Å². The molecule has 0 N–H and O–H groups in total. The molecule has 2 heterocycles. The van der Waals surface area contributed by atoms with Crippen LogP contribution in [0, 0.1) is 11.7 Å². The summed E-state index contributed by atoms with van der Waals surface area (Å²) in [6.07, 6.45) is 0.489. The molecule has 0 saturated carbocycles. The lowest BCUT2D eigenvalue weighted by Gasteiger charge is -2.36. The Hall–Kier alpha value is -2.40. The number of halogens is 1. The minimum atomic E-state index is -0.273. The predicted octanol–water partition coefficient (Wildman–Crippen LogP) is 2.98. The van der Waals surface area contributed by atoms with Gasteiger partial charge < -0.3 is 14.4 Å². The van der Waals surface area contributed by atoms with Crippen LogP contribution < -0.4 is 4.74 Å². The highest BCUT2D eigenvalue weighted by Crippen LogP contribution is 2.29. The first-order valence-corrected chi connectivity index (χ1v) is 8.57. The van der Waals surface area contributed by atoms with E-state index in [4.69, 9.17) is 9.47 Å².